The van der Waals surface area contributed by atoms with Crippen LogP contribution in [0, 0.1) is 6.92 Å². The summed E-state index contributed by atoms with van der Waals surface area (Å²) in [6.45, 7) is 1.90. The Bertz CT molecular complexity index is 1210. The molecule has 0 aliphatic rings. The molecular weight excluding hydrogens is 419 g/mol. The van der Waals surface area contributed by atoms with E-state index in [0.29, 0.717) is 5.69 Å². The summed E-state index contributed by atoms with van der Waals surface area (Å²) in [5, 5.41) is 9.57. The molecule has 2 heterocycles. The first-order valence-electron chi connectivity index (χ1n) is 9.83. The molecule has 0 saturated carbocycles. The molecule has 164 valence electrons. The molecular formula is C23H20F3N5O. The first-order chi connectivity index (χ1) is 15.3. The normalized spacial score (nSPS) is 11.4. The second-order valence-electron chi connectivity index (χ2n) is 7.08. The largest absolute Gasteiger partial charge is 0.418 e. The van der Waals surface area contributed by atoms with Crippen LogP contribution in [-0.2, 0) is 12.7 Å². The third-order valence-corrected chi connectivity index (χ3v) is 4.91. The van der Waals surface area contributed by atoms with Crippen molar-refractivity contribution in [2.45, 2.75) is 19.6 Å². The maximum atomic E-state index is 13.2. The van der Waals surface area contributed by atoms with Gasteiger partial charge in [0.05, 0.1) is 29.2 Å². The average molecular weight is 439 g/mol. The van der Waals surface area contributed by atoms with E-state index in [1.807, 2.05) is 66.3 Å². The zero-order valence-electron chi connectivity index (χ0n) is 17.1. The van der Waals surface area contributed by atoms with Gasteiger partial charge in [-0.1, -0.05) is 30.3 Å². The lowest BCUT2D eigenvalue weighted by molar-refractivity contribution is -0.136. The highest BCUT2D eigenvalue weighted by Gasteiger charge is 2.33. The van der Waals surface area contributed by atoms with Gasteiger partial charge in [-0.25, -0.2) is 9.48 Å². The van der Waals surface area contributed by atoms with E-state index < -0.39 is 17.8 Å². The molecule has 0 fully saturated rings. The maximum Gasteiger partial charge on any atom is 0.418 e. The van der Waals surface area contributed by atoms with Gasteiger partial charge >= 0.3 is 12.2 Å². The van der Waals surface area contributed by atoms with E-state index in [1.165, 1.54) is 18.2 Å². The van der Waals surface area contributed by atoms with Gasteiger partial charge in [-0.05, 0) is 43.3 Å². The van der Waals surface area contributed by atoms with Gasteiger partial charge in [0.25, 0.3) is 0 Å². The first-order valence-corrected chi connectivity index (χ1v) is 9.83. The second-order valence-corrected chi connectivity index (χ2v) is 7.08. The molecule has 32 heavy (non-hydrogen) atoms. The number of aryl methyl sites for hydroxylation is 1. The minimum absolute atomic E-state index is 0.0756. The van der Waals surface area contributed by atoms with Crippen molar-refractivity contribution in [2.24, 2.45) is 0 Å². The van der Waals surface area contributed by atoms with E-state index in [2.05, 4.69) is 15.7 Å². The number of nitrogens with zero attached hydrogens (tertiary/aromatic N) is 3. The molecule has 0 aliphatic carbocycles. The average Bonchev–Trinajstić information content (AvgIpc) is 3.40. The van der Waals surface area contributed by atoms with Gasteiger partial charge in [0.2, 0.25) is 0 Å². The van der Waals surface area contributed by atoms with Crippen LogP contribution in [-0.4, -0.2) is 20.4 Å². The molecule has 2 aromatic heterocycles. The molecule has 4 aromatic rings. The van der Waals surface area contributed by atoms with Gasteiger partial charge in [0.15, 0.2) is 0 Å². The minimum Gasteiger partial charge on any atom is -0.334 e. The third kappa shape index (κ3) is 4.36. The van der Waals surface area contributed by atoms with Crippen molar-refractivity contribution in [2.75, 3.05) is 5.32 Å². The molecule has 0 aliphatic heterocycles. The molecule has 0 unspecified atom stereocenters. The van der Waals surface area contributed by atoms with E-state index in [-0.39, 0.29) is 12.2 Å². The molecule has 2 N–H and O–H groups in total. The number of urea groups is 1. The predicted octanol–water partition coefficient (Wildman–Crippen LogP) is 5.31. The number of aromatic nitrogens is 3. The van der Waals surface area contributed by atoms with Crippen LogP contribution in [0.1, 0.15) is 16.8 Å². The Morgan fingerprint density at radius 1 is 0.969 bits per heavy atom. The number of alkyl halides is 3. The molecule has 0 radical (unpaired) electrons. The summed E-state index contributed by atoms with van der Waals surface area (Å²) in [7, 11) is 0. The highest BCUT2D eigenvalue weighted by molar-refractivity contribution is 5.90. The van der Waals surface area contributed by atoms with Crippen LogP contribution in [0.15, 0.2) is 79.1 Å². The van der Waals surface area contributed by atoms with Crippen LogP contribution in [0.25, 0.3) is 11.5 Å². The van der Waals surface area contributed by atoms with Gasteiger partial charge in [-0.15, -0.1) is 0 Å². The molecule has 0 spiro atoms. The summed E-state index contributed by atoms with van der Waals surface area (Å²) in [6, 6.07) is 17.4. The summed E-state index contributed by atoms with van der Waals surface area (Å²) in [6.07, 6.45) is -0.850. The topological polar surface area (TPSA) is 63.9 Å². The van der Waals surface area contributed by atoms with Gasteiger partial charge in [-0.2, -0.15) is 18.3 Å². The van der Waals surface area contributed by atoms with Crippen molar-refractivity contribution in [3.63, 3.8) is 0 Å². The van der Waals surface area contributed by atoms with Crippen molar-refractivity contribution in [3.05, 3.63) is 95.9 Å². The minimum atomic E-state index is -4.57. The van der Waals surface area contributed by atoms with Crippen LogP contribution >= 0.6 is 0 Å². The molecule has 9 heteroatoms. The lowest BCUT2D eigenvalue weighted by atomic mass is 10.1. The number of carbonyl (C=O) groups excluding carboxylic acids is 1. The zero-order valence-corrected chi connectivity index (χ0v) is 17.1. The number of anilines is 1. The number of nitrogens with one attached hydrogen (secondary N) is 2. The quantitative estimate of drug-likeness (QED) is 0.443. The Morgan fingerprint density at radius 2 is 1.62 bits per heavy atom. The van der Waals surface area contributed by atoms with Crippen LogP contribution in [0.4, 0.5) is 23.7 Å². The molecule has 4 rings (SSSR count). The van der Waals surface area contributed by atoms with E-state index in [4.69, 9.17) is 0 Å². The first kappa shape index (κ1) is 21.2. The van der Waals surface area contributed by atoms with Gasteiger partial charge in [0.1, 0.15) is 5.82 Å². The monoisotopic (exact) mass is 439 g/mol. The van der Waals surface area contributed by atoms with Crippen molar-refractivity contribution < 1.29 is 18.0 Å². The second kappa shape index (κ2) is 8.62. The van der Waals surface area contributed by atoms with E-state index >= 15 is 0 Å². The fraction of sp³-hybridized carbons (Fsp3) is 0.130. The smallest absolute Gasteiger partial charge is 0.334 e. The van der Waals surface area contributed by atoms with Crippen molar-refractivity contribution in [3.8, 4) is 11.5 Å². The summed E-state index contributed by atoms with van der Waals surface area (Å²) >= 11 is 0. The van der Waals surface area contributed by atoms with E-state index in [9.17, 15) is 18.0 Å². The highest BCUT2D eigenvalue weighted by atomic mass is 19.4. The van der Waals surface area contributed by atoms with Crippen molar-refractivity contribution in [1.82, 2.24) is 19.7 Å². The third-order valence-electron chi connectivity index (χ3n) is 4.91. The highest BCUT2D eigenvalue weighted by Crippen LogP contribution is 2.34. The molecule has 2 amide bonds. The SMILES string of the molecule is Cc1nn(-c2ccccc2)c(-n2cccc2)c1CNC(=O)Nc1ccccc1C(F)(F)F. The number of rotatable bonds is 5. The van der Waals surface area contributed by atoms with E-state index in [1.54, 1.807) is 4.68 Å². The van der Waals surface area contributed by atoms with Crippen molar-refractivity contribution >= 4 is 11.7 Å². The Balaban J connectivity index is 1.60. The summed E-state index contributed by atoms with van der Waals surface area (Å²) in [4.78, 5) is 12.4. The summed E-state index contributed by atoms with van der Waals surface area (Å²) < 4.78 is 43.2. The molecule has 0 atom stereocenters. The number of para-hydroxylation sites is 2. The number of amides is 2. The zero-order chi connectivity index (χ0) is 22.7. The predicted molar refractivity (Wildman–Crippen MR) is 115 cm³/mol. The van der Waals surface area contributed by atoms with Gasteiger partial charge in [0, 0.05) is 18.0 Å². The van der Waals surface area contributed by atoms with Crippen LogP contribution < -0.4 is 10.6 Å². The number of carbonyl (C=O) groups is 1. The van der Waals surface area contributed by atoms with Gasteiger partial charge < -0.3 is 15.2 Å². The molecule has 2 aromatic carbocycles. The van der Waals surface area contributed by atoms with Gasteiger partial charge in [-0.3, -0.25) is 0 Å². The Morgan fingerprint density at radius 3 is 2.31 bits per heavy atom. The standard InChI is InChI=1S/C23H20F3N5O/c1-16-18(15-27-22(32)28-20-12-6-5-11-19(20)23(24,25)26)21(30-13-7-8-14-30)31(29-16)17-9-3-2-4-10-17/h2-14H,15H2,1H3,(H2,27,28,32). The number of hydrogen-bond donors (Lipinski definition) is 2. The summed E-state index contributed by atoms with van der Waals surface area (Å²) in [5.41, 5.74) is 1.06. The number of hydrogen-bond acceptors (Lipinski definition) is 2. The van der Waals surface area contributed by atoms with Crippen molar-refractivity contribution in [1.29, 1.82) is 0 Å². The Labute approximate surface area is 182 Å². The lowest BCUT2D eigenvalue weighted by Crippen LogP contribution is -2.29. The molecule has 0 saturated heterocycles. The fourth-order valence-electron chi connectivity index (χ4n) is 3.42. The Kier molecular flexibility index (Phi) is 5.72. The van der Waals surface area contributed by atoms with Crippen LogP contribution in [0.2, 0.25) is 0 Å². The summed E-state index contributed by atoms with van der Waals surface area (Å²) in [5.74, 6) is 0.731. The number of benzene rings is 2. The fourth-order valence-corrected chi connectivity index (χ4v) is 3.42. The van der Waals surface area contributed by atoms with Crippen LogP contribution in [0.5, 0.6) is 0 Å². The lowest BCUT2D eigenvalue weighted by Gasteiger charge is -2.15. The molecule has 6 nitrogen and oxygen atoms in total. The van der Waals surface area contributed by atoms with Crippen LogP contribution in [0.3, 0.4) is 0 Å². The molecule has 0 bridgehead atoms. The van der Waals surface area contributed by atoms with E-state index in [0.717, 1.165) is 23.1 Å². The Hall–Kier alpha value is -4.01. The number of halogens is 3. The maximum absolute atomic E-state index is 13.2.